The highest BCUT2D eigenvalue weighted by atomic mass is 16.6. The molecule has 1 amide bonds. The molecule has 0 saturated heterocycles. The van der Waals surface area contributed by atoms with Gasteiger partial charge in [0.2, 0.25) is 0 Å². The molecule has 32 heavy (non-hydrogen) atoms. The molecular weight excluding hydrogens is 410 g/mol. The molecule has 0 radical (unpaired) electrons. The van der Waals surface area contributed by atoms with E-state index >= 15 is 0 Å². The van der Waals surface area contributed by atoms with E-state index in [2.05, 4.69) is 0 Å². The molecule has 0 spiro atoms. The number of ketones is 1. The molecule has 8 nitrogen and oxygen atoms in total. The number of amides is 1. The van der Waals surface area contributed by atoms with Crippen LogP contribution in [0.5, 0.6) is 0 Å². The van der Waals surface area contributed by atoms with Gasteiger partial charge < -0.3 is 14.9 Å². The molecule has 1 aliphatic rings. The van der Waals surface area contributed by atoms with Crippen molar-refractivity contribution in [1.29, 1.82) is 0 Å². The maximum atomic E-state index is 13.1. The molecular formula is C24H25N3O5. The summed E-state index contributed by atoms with van der Waals surface area (Å²) in [6.45, 7) is 0.983. The van der Waals surface area contributed by atoms with E-state index in [1.807, 2.05) is 49.3 Å². The van der Waals surface area contributed by atoms with Crippen molar-refractivity contribution < 1.29 is 19.6 Å². The number of nitro groups is 1. The zero-order chi connectivity index (χ0) is 23.3. The second-order valence-electron chi connectivity index (χ2n) is 7.78. The fourth-order valence-electron chi connectivity index (χ4n) is 3.67. The van der Waals surface area contributed by atoms with Crippen LogP contribution in [0.1, 0.15) is 23.6 Å². The van der Waals surface area contributed by atoms with Crippen LogP contribution in [0.4, 0.5) is 5.69 Å². The number of hydrogen-bond acceptors (Lipinski definition) is 6. The quantitative estimate of drug-likeness (QED) is 0.367. The third kappa shape index (κ3) is 5.09. The number of aliphatic hydroxyl groups is 1. The van der Waals surface area contributed by atoms with Crippen LogP contribution >= 0.6 is 0 Å². The molecule has 1 atom stereocenters. The van der Waals surface area contributed by atoms with E-state index < -0.39 is 28.4 Å². The predicted octanol–water partition coefficient (Wildman–Crippen LogP) is 3.52. The van der Waals surface area contributed by atoms with Crippen molar-refractivity contribution in [3.05, 3.63) is 93.2 Å². The van der Waals surface area contributed by atoms with Gasteiger partial charge in [0.1, 0.15) is 0 Å². The van der Waals surface area contributed by atoms with E-state index in [1.54, 1.807) is 12.1 Å². The SMILES string of the molecule is CN(C)CCCN1C(=O)C(O)=C(C(=O)/C=C/c2ccccc2)C1c1cccc([N+](=O)[O-])c1. The molecule has 1 heterocycles. The summed E-state index contributed by atoms with van der Waals surface area (Å²) in [5, 5.41) is 21.9. The molecule has 3 rings (SSSR count). The van der Waals surface area contributed by atoms with Gasteiger partial charge in [-0.1, -0.05) is 48.5 Å². The Hall–Kier alpha value is -3.78. The second kappa shape index (κ2) is 10.0. The molecule has 0 fully saturated rings. The first kappa shape index (κ1) is 22.9. The molecule has 1 unspecified atom stereocenters. The summed E-state index contributed by atoms with van der Waals surface area (Å²) >= 11 is 0. The molecule has 8 heteroatoms. The largest absolute Gasteiger partial charge is 0.503 e. The third-order valence-electron chi connectivity index (χ3n) is 5.20. The number of benzene rings is 2. The van der Waals surface area contributed by atoms with Crippen molar-refractivity contribution in [2.75, 3.05) is 27.2 Å². The second-order valence-corrected chi connectivity index (χ2v) is 7.78. The van der Waals surface area contributed by atoms with E-state index in [0.29, 0.717) is 18.5 Å². The minimum absolute atomic E-state index is 0.0764. The number of nitro benzene ring substituents is 1. The van der Waals surface area contributed by atoms with E-state index in [0.717, 1.165) is 5.56 Å². The molecule has 2 aromatic rings. The fraction of sp³-hybridized carbons (Fsp3) is 0.250. The van der Waals surface area contributed by atoms with Crippen molar-refractivity contribution in [2.24, 2.45) is 0 Å². The molecule has 0 bridgehead atoms. The number of allylic oxidation sites excluding steroid dienone is 1. The van der Waals surface area contributed by atoms with Crippen LogP contribution in [0.3, 0.4) is 0 Å². The predicted molar refractivity (Wildman–Crippen MR) is 121 cm³/mol. The van der Waals surface area contributed by atoms with Crippen molar-refractivity contribution in [2.45, 2.75) is 12.5 Å². The van der Waals surface area contributed by atoms with Crippen molar-refractivity contribution >= 4 is 23.5 Å². The van der Waals surface area contributed by atoms with Crippen LogP contribution in [0, 0.1) is 10.1 Å². The molecule has 1 N–H and O–H groups in total. The molecule has 1 aliphatic heterocycles. The summed E-state index contributed by atoms with van der Waals surface area (Å²) in [5.41, 5.74) is 0.964. The van der Waals surface area contributed by atoms with Crippen LogP contribution in [0.15, 0.2) is 72.0 Å². The highest BCUT2D eigenvalue weighted by molar-refractivity contribution is 6.14. The zero-order valence-electron chi connectivity index (χ0n) is 18.0. The lowest BCUT2D eigenvalue weighted by atomic mass is 9.95. The van der Waals surface area contributed by atoms with E-state index in [9.17, 15) is 24.8 Å². The Labute approximate surface area is 186 Å². The lowest BCUT2D eigenvalue weighted by Crippen LogP contribution is -2.33. The first-order chi connectivity index (χ1) is 15.3. The topological polar surface area (TPSA) is 104 Å². The average Bonchev–Trinajstić information content (AvgIpc) is 3.03. The normalized spacial score (nSPS) is 16.4. The van der Waals surface area contributed by atoms with Crippen molar-refractivity contribution in [3.8, 4) is 0 Å². The van der Waals surface area contributed by atoms with Crippen LogP contribution in [-0.2, 0) is 9.59 Å². The fourth-order valence-corrected chi connectivity index (χ4v) is 3.67. The number of hydrogen-bond donors (Lipinski definition) is 1. The van der Waals surface area contributed by atoms with Gasteiger partial charge in [0.15, 0.2) is 11.5 Å². The van der Waals surface area contributed by atoms with Gasteiger partial charge in [0.05, 0.1) is 16.5 Å². The monoisotopic (exact) mass is 435 g/mol. The lowest BCUT2D eigenvalue weighted by molar-refractivity contribution is -0.384. The Morgan fingerprint density at radius 1 is 1.19 bits per heavy atom. The van der Waals surface area contributed by atoms with E-state index in [4.69, 9.17) is 0 Å². The standard InChI is InChI=1S/C24H25N3O5/c1-25(2)14-7-15-26-22(18-10-6-11-19(16-18)27(31)32)21(23(29)24(26)30)20(28)13-12-17-8-4-3-5-9-17/h3-6,8-13,16,22,29H,7,14-15H2,1-2H3/b13-12+. The minimum Gasteiger partial charge on any atom is -0.503 e. The molecule has 0 aromatic heterocycles. The van der Waals surface area contributed by atoms with Gasteiger partial charge in [-0.15, -0.1) is 0 Å². The Morgan fingerprint density at radius 3 is 2.56 bits per heavy atom. The third-order valence-corrected chi connectivity index (χ3v) is 5.20. The number of carbonyl (C=O) groups excluding carboxylic acids is 2. The first-order valence-corrected chi connectivity index (χ1v) is 10.2. The van der Waals surface area contributed by atoms with Gasteiger partial charge in [0, 0.05) is 18.7 Å². The molecule has 166 valence electrons. The highest BCUT2D eigenvalue weighted by Crippen LogP contribution is 2.39. The van der Waals surface area contributed by atoms with Gasteiger partial charge in [-0.2, -0.15) is 0 Å². The minimum atomic E-state index is -0.905. The smallest absolute Gasteiger partial charge is 0.290 e. The van der Waals surface area contributed by atoms with Gasteiger partial charge >= 0.3 is 0 Å². The van der Waals surface area contributed by atoms with Crippen LogP contribution in [0.2, 0.25) is 0 Å². The Bertz CT molecular complexity index is 1080. The molecule has 0 aliphatic carbocycles. The Morgan fingerprint density at radius 2 is 1.91 bits per heavy atom. The number of carbonyl (C=O) groups is 2. The number of nitrogens with zero attached hydrogens (tertiary/aromatic N) is 3. The van der Waals surface area contributed by atoms with E-state index in [1.165, 1.54) is 29.2 Å². The summed E-state index contributed by atoms with van der Waals surface area (Å²) in [7, 11) is 3.81. The maximum Gasteiger partial charge on any atom is 0.290 e. The number of non-ortho nitro benzene ring substituents is 1. The molecule has 2 aromatic carbocycles. The van der Waals surface area contributed by atoms with Crippen LogP contribution < -0.4 is 0 Å². The van der Waals surface area contributed by atoms with Crippen molar-refractivity contribution in [1.82, 2.24) is 9.80 Å². The van der Waals surface area contributed by atoms with E-state index in [-0.39, 0.29) is 17.8 Å². The van der Waals surface area contributed by atoms with Crippen LogP contribution in [0.25, 0.3) is 6.08 Å². The summed E-state index contributed by atoms with van der Waals surface area (Å²) in [6, 6.07) is 14.1. The number of rotatable bonds is 9. The van der Waals surface area contributed by atoms with Gasteiger partial charge in [0.25, 0.3) is 11.6 Å². The summed E-state index contributed by atoms with van der Waals surface area (Å²) in [4.78, 5) is 40.1. The van der Waals surface area contributed by atoms with Crippen molar-refractivity contribution in [3.63, 3.8) is 0 Å². The first-order valence-electron chi connectivity index (χ1n) is 10.2. The Kier molecular flexibility index (Phi) is 7.17. The van der Waals surface area contributed by atoms with Crippen LogP contribution in [-0.4, -0.2) is 58.7 Å². The molecule has 0 saturated carbocycles. The zero-order valence-corrected chi connectivity index (χ0v) is 18.0. The lowest BCUT2D eigenvalue weighted by Gasteiger charge is -2.27. The highest BCUT2D eigenvalue weighted by Gasteiger charge is 2.42. The average molecular weight is 435 g/mol. The number of aliphatic hydroxyl groups excluding tert-OH is 1. The van der Waals surface area contributed by atoms with Gasteiger partial charge in [-0.3, -0.25) is 19.7 Å². The summed E-state index contributed by atoms with van der Waals surface area (Å²) < 4.78 is 0. The summed E-state index contributed by atoms with van der Waals surface area (Å²) in [6.07, 6.45) is 3.52. The van der Waals surface area contributed by atoms with Gasteiger partial charge in [-0.05, 0) is 44.3 Å². The van der Waals surface area contributed by atoms with Gasteiger partial charge in [-0.25, -0.2) is 0 Å². The maximum absolute atomic E-state index is 13.1. The Balaban J connectivity index is 1.99. The summed E-state index contributed by atoms with van der Waals surface area (Å²) in [5.74, 6) is -1.79.